The maximum Gasteiger partial charge on any atom is 0.248 e. The van der Waals surface area contributed by atoms with Gasteiger partial charge in [0.25, 0.3) is 0 Å². The third-order valence-corrected chi connectivity index (χ3v) is 1.90. The standard InChI is InChI=1S/C11H13N3O2/c1-8(11(12)16)9-2-4-10(5-3-9)14-13-6-7-15/h2-5,15H,1,6-7H2,(H2,12,16). The zero-order valence-corrected chi connectivity index (χ0v) is 8.76. The SMILES string of the molecule is C=C(C(N)=O)c1ccc(N=NCCO)cc1. The van der Waals surface area contributed by atoms with Crippen LogP contribution in [-0.2, 0) is 4.79 Å². The van der Waals surface area contributed by atoms with E-state index in [1.165, 1.54) is 0 Å². The molecule has 1 amide bonds. The number of nitrogens with zero attached hydrogens (tertiary/aromatic N) is 2. The molecule has 1 rings (SSSR count). The normalized spacial score (nSPS) is 10.6. The van der Waals surface area contributed by atoms with Gasteiger partial charge in [0, 0.05) is 5.57 Å². The van der Waals surface area contributed by atoms with Crippen molar-refractivity contribution in [2.24, 2.45) is 16.0 Å². The number of hydrogen-bond donors (Lipinski definition) is 2. The Balaban J connectivity index is 2.75. The van der Waals surface area contributed by atoms with Crippen LogP contribution in [0.2, 0.25) is 0 Å². The van der Waals surface area contributed by atoms with Crippen LogP contribution in [0, 0.1) is 0 Å². The van der Waals surface area contributed by atoms with E-state index in [1.807, 2.05) is 0 Å². The molecule has 84 valence electrons. The Morgan fingerprint density at radius 3 is 2.50 bits per heavy atom. The fourth-order valence-electron chi connectivity index (χ4n) is 1.05. The molecule has 0 spiro atoms. The van der Waals surface area contributed by atoms with Crippen LogP contribution >= 0.6 is 0 Å². The molecule has 0 saturated carbocycles. The number of aliphatic hydroxyl groups is 1. The summed E-state index contributed by atoms with van der Waals surface area (Å²) in [6.45, 7) is 3.81. The average molecular weight is 219 g/mol. The molecule has 0 bridgehead atoms. The lowest BCUT2D eigenvalue weighted by atomic mass is 10.1. The van der Waals surface area contributed by atoms with E-state index in [1.54, 1.807) is 24.3 Å². The number of azo groups is 1. The number of carbonyl (C=O) groups excluding carboxylic acids is 1. The van der Waals surface area contributed by atoms with E-state index >= 15 is 0 Å². The van der Waals surface area contributed by atoms with Crippen molar-refractivity contribution in [1.82, 2.24) is 0 Å². The van der Waals surface area contributed by atoms with Gasteiger partial charge in [-0.05, 0) is 17.7 Å². The quantitative estimate of drug-likeness (QED) is 0.576. The van der Waals surface area contributed by atoms with Crippen LogP contribution in [-0.4, -0.2) is 24.2 Å². The summed E-state index contributed by atoms with van der Waals surface area (Å²) in [7, 11) is 0. The van der Waals surface area contributed by atoms with Gasteiger partial charge in [0.05, 0.1) is 18.8 Å². The van der Waals surface area contributed by atoms with Crippen LogP contribution in [0.1, 0.15) is 5.56 Å². The van der Waals surface area contributed by atoms with Crippen LogP contribution in [0.4, 0.5) is 5.69 Å². The first-order chi connectivity index (χ1) is 7.65. The minimum Gasteiger partial charge on any atom is -0.394 e. The summed E-state index contributed by atoms with van der Waals surface area (Å²) >= 11 is 0. The molecule has 3 N–H and O–H groups in total. The van der Waals surface area contributed by atoms with Crippen molar-refractivity contribution in [2.45, 2.75) is 0 Å². The van der Waals surface area contributed by atoms with E-state index in [0.717, 1.165) is 0 Å². The van der Waals surface area contributed by atoms with Gasteiger partial charge < -0.3 is 10.8 Å². The highest BCUT2D eigenvalue weighted by Crippen LogP contribution is 2.17. The highest BCUT2D eigenvalue weighted by Gasteiger charge is 2.04. The molecule has 5 nitrogen and oxygen atoms in total. The summed E-state index contributed by atoms with van der Waals surface area (Å²) in [5, 5.41) is 16.1. The lowest BCUT2D eigenvalue weighted by Gasteiger charge is -2.00. The van der Waals surface area contributed by atoms with Crippen molar-refractivity contribution in [3.8, 4) is 0 Å². The second kappa shape index (κ2) is 5.77. The Morgan fingerprint density at radius 2 is 2.00 bits per heavy atom. The van der Waals surface area contributed by atoms with Crippen LogP contribution in [0.3, 0.4) is 0 Å². The highest BCUT2D eigenvalue weighted by molar-refractivity contribution is 6.17. The van der Waals surface area contributed by atoms with Crippen molar-refractivity contribution in [1.29, 1.82) is 0 Å². The molecule has 0 radical (unpaired) electrons. The lowest BCUT2D eigenvalue weighted by Crippen LogP contribution is -2.11. The second-order valence-electron chi connectivity index (χ2n) is 3.08. The van der Waals surface area contributed by atoms with Gasteiger partial charge in [-0.3, -0.25) is 4.79 Å². The Bertz CT molecular complexity index is 410. The largest absolute Gasteiger partial charge is 0.394 e. The summed E-state index contributed by atoms with van der Waals surface area (Å²) in [5.41, 5.74) is 6.67. The van der Waals surface area contributed by atoms with Gasteiger partial charge in [0.15, 0.2) is 0 Å². The average Bonchev–Trinajstić information content (AvgIpc) is 2.29. The van der Waals surface area contributed by atoms with Gasteiger partial charge in [0.2, 0.25) is 5.91 Å². The molecule has 0 unspecified atom stereocenters. The third-order valence-electron chi connectivity index (χ3n) is 1.90. The fraction of sp³-hybridized carbons (Fsp3) is 0.182. The van der Waals surface area contributed by atoms with Gasteiger partial charge >= 0.3 is 0 Å². The van der Waals surface area contributed by atoms with Gasteiger partial charge in [-0.1, -0.05) is 18.7 Å². The van der Waals surface area contributed by atoms with Crippen LogP contribution in [0.15, 0.2) is 41.1 Å². The molecular formula is C11H13N3O2. The molecule has 0 atom stereocenters. The molecular weight excluding hydrogens is 206 g/mol. The number of primary amides is 1. The first-order valence-electron chi connectivity index (χ1n) is 4.72. The molecule has 0 aliphatic carbocycles. The van der Waals surface area contributed by atoms with E-state index in [2.05, 4.69) is 16.8 Å². The summed E-state index contributed by atoms with van der Waals surface area (Å²) in [6.07, 6.45) is 0. The van der Waals surface area contributed by atoms with E-state index < -0.39 is 5.91 Å². The van der Waals surface area contributed by atoms with Crippen LogP contribution < -0.4 is 5.73 Å². The van der Waals surface area contributed by atoms with Crippen molar-refractivity contribution in [2.75, 3.05) is 13.2 Å². The second-order valence-corrected chi connectivity index (χ2v) is 3.08. The molecule has 0 heterocycles. The molecule has 16 heavy (non-hydrogen) atoms. The number of benzene rings is 1. The van der Waals surface area contributed by atoms with Crippen molar-refractivity contribution < 1.29 is 9.90 Å². The fourth-order valence-corrected chi connectivity index (χ4v) is 1.05. The van der Waals surface area contributed by atoms with Crippen LogP contribution in [0.25, 0.3) is 5.57 Å². The van der Waals surface area contributed by atoms with Crippen molar-refractivity contribution >= 4 is 17.2 Å². The Kier molecular flexibility index (Phi) is 4.35. The maximum absolute atomic E-state index is 10.8. The maximum atomic E-state index is 10.8. The van der Waals surface area contributed by atoms with E-state index in [-0.39, 0.29) is 18.7 Å². The van der Waals surface area contributed by atoms with Gasteiger partial charge in [-0.2, -0.15) is 10.2 Å². The molecule has 0 aliphatic heterocycles. The highest BCUT2D eigenvalue weighted by atomic mass is 16.3. The number of aliphatic hydroxyl groups excluding tert-OH is 1. The number of nitrogens with two attached hydrogens (primary N) is 1. The molecule has 0 fully saturated rings. The molecule has 0 aliphatic rings. The summed E-state index contributed by atoms with van der Waals surface area (Å²) < 4.78 is 0. The number of hydrogen-bond acceptors (Lipinski definition) is 4. The number of rotatable bonds is 5. The molecule has 1 aromatic rings. The van der Waals surface area contributed by atoms with Crippen molar-refractivity contribution in [3.05, 3.63) is 36.4 Å². The van der Waals surface area contributed by atoms with Gasteiger partial charge in [0.1, 0.15) is 0 Å². The smallest absolute Gasteiger partial charge is 0.248 e. The van der Waals surface area contributed by atoms with E-state index in [4.69, 9.17) is 10.8 Å². The summed E-state index contributed by atoms with van der Waals surface area (Å²) in [4.78, 5) is 10.8. The zero-order valence-electron chi connectivity index (χ0n) is 8.76. The zero-order chi connectivity index (χ0) is 12.0. The molecule has 1 aromatic carbocycles. The summed E-state index contributed by atoms with van der Waals surface area (Å²) in [5.74, 6) is -0.547. The van der Waals surface area contributed by atoms with Gasteiger partial charge in [-0.15, -0.1) is 0 Å². The number of carbonyl (C=O) groups is 1. The first-order valence-corrected chi connectivity index (χ1v) is 4.72. The molecule has 5 heteroatoms. The Labute approximate surface area is 93.3 Å². The number of amides is 1. The summed E-state index contributed by atoms with van der Waals surface area (Å²) in [6, 6.07) is 6.79. The van der Waals surface area contributed by atoms with Crippen LogP contribution in [0.5, 0.6) is 0 Å². The first kappa shape index (κ1) is 12.1. The lowest BCUT2D eigenvalue weighted by molar-refractivity contribution is -0.112. The minimum absolute atomic E-state index is 0.0277. The van der Waals surface area contributed by atoms with Crippen molar-refractivity contribution in [3.63, 3.8) is 0 Å². The van der Waals surface area contributed by atoms with E-state index in [9.17, 15) is 4.79 Å². The molecule has 0 saturated heterocycles. The Morgan fingerprint density at radius 1 is 1.38 bits per heavy atom. The topological polar surface area (TPSA) is 88.0 Å². The predicted molar refractivity (Wildman–Crippen MR) is 61.1 cm³/mol. The minimum atomic E-state index is -0.547. The molecule has 0 aromatic heterocycles. The predicted octanol–water partition coefficient (Wildman–Crippen LogP) is 1.26. The third kappa shape index (κ3) is 3.29. The van der Waals surface area contributed by atoms with Gasteiger partial charge in [-0.25, -0.2) is 0 Å². The Hall–Kier alpha value is -2.01. The monoisotopic (exact) mass is 219 g/mol. The van der Waals surface area contributed by atoms with E-state index in [0.29, 0.717) is 11.3 Å².